The van der Waals surface area contributed by atoms with Crippen LogP contribution >= 0.6 is 23.1 Å². The Bertz CT molecular complexity index is 1030. The molecule has 29 heavy (non-hydrogen) atoms. The smallest absolute Gasteiger partial charge is 0.248 e. The van der Waals surface area contributed by atoms with Crippen LogP contribution in [0.15, 0.2) is 71.6 Å². The molecular weight excluding hydrogens is 407 g/mol. The molecule has 0 spiro atoms. The van der Waals surface area contributed by atoms with Crippen LogP contribution in [0.5, 0.6) is 0 Å². The number of primary amides is 1. The van der Waals surface area contributed by atoms with Crippen molar-refractivity contribution < 1.29 is 14.0 Å². The summed E-state index contributed by atoms with van der Waals surface area (Å²) in [6.45, 7) is 0. The normalized spacial score (nSPS) is 10.9. The molecule has 1 aromatic heterocycles. The Balaban J connectivity index is 1.62. The maximum atomic E-state index is 13.1. The van der Waals surface area contributed by atoms with Crippen molar-refractivity contribution >= 4 is 46.7 Å². The van der Waals surface area contributed by atoms with Gasteiger partial charge in [0.25, 0.3) is 0 Å². The standard InChI is InChI=1S/C22H19FN2O2S2/c23-16-7-5-15(6-8-16)19-11-9-17(29-19)10-12-22(27)25-18-3-1-2-4-20(18)28-14-13-21(24)26/h1-12H,13-14H2,(H2,24,26)(H,25,27)/b12-10+. The topological polar surface area (TPSA) is 72.2 Å². The van der Waals surface area contributed by atoms with E-state index in [0.717, 1.165) is 20.2 Å². The third kappa shape index (κ3) is 6.30. The second kappa shape index (κ2) is 10.0. The highest BCUT2D eigenvalue weighted by molar-refractivity contribution is 7.99. The lowest BCUT2D eigenvalue weighted by molar-refractivity contribution is -0.117. The summed E-state index contributed by atoms with van der Waals surface area (Å²) in [5.74, 6) is -0.308. The third-order valence-corrected chi connectivity index (χ3v) is 6.08. The molecule has 3 aromatic rings. The molecule has 0 bridgehead atoms. The molecule has 7 heteroatoms. The Kier molecular flexibility index (Phi) is 7.21. The van der Waals surface area contributed by atoms with Crippen LogP contribution in [0, 0.1) is 5.82 Å². The van der Waals surface area contributed by atoms with Gasteiger partial charge < -0.3 is 11.1 Å². The van der Waals surface area contributed by atoms with Gasteiger partial charge in [0, 0.05) is 32.9 Å². The van der Waals surface area contributed by atoms with Crippen LogP contribution in [0.1, 0.15) is 11.3 Å². The van der Waals surface area contributed by atoms with Crippen molar-refractivity contribution in [2.45, 2.75) is 11.3 Å². The lowest BCUT2D eigenvalue weighted by atomic mass is 10.2. The molecule has 0 aliphatic heterocycles. The first-order valence-electron chi connectivity index (χ1n) is 8.86. The van der Waals surface area contributed by atoms with Crippen LogP contribution in [0.3, 0.4) is 0 Å². The quantitative estimate of drug-likeness (QED) is 0.385. The Morgan fingerprint density at radius 2 is 1.83 bits per heavy atom. The van der Waals surface area contributed by atoms with Crippen LogP contribution in [-0.4, -0.2) is 17.6 Å². The summed E-state index contributed by atoms with van der Waals surface area (Å²) in [7, 11) is 0. The molecular formula is C22H19FN2O2S2. The average molecular weight is 427 g/mol. The fourth-order valence-corrected chi connectivity index (χ4v) is 4.39. The monoisotopic (exact) mass is 426 g/mol. The van der Waals surface area contributed by atoms with Gasteiger partial charge in [0.15, 0.2) is 0 Å². The van der Waals surface area contributed by atoms with E-state index in [1.54, 1.807) is 18.2 Å². The maximum Gasteiger partial charge on any atom is 0.248 e. The van der Waals surface area contributed by atoms with Gasteiger partial charge in [0.05, 0.1) is 5.69 Å². The number of benzene rings is 2. The first kappa shape index (κ1) is 20.8. The van der Waals surface area contributed by atoms with Crippen LogP contribution in [0.2, 0.25) is 0 Å². The van der Waals surface area contributed by atoms with Crippen molar-refractivity contribution in [2.75, 3.05) is 11.1 Å². The molecule has 0 atom stereocenters. The largest absolute Gasteiger partial charge is 0.370 e. The highest BCUT2D eigenvalue weighted by atomic mass is 32.2. The molecule has 0 fully saturated rings. The number of hydrogen-bond donors (Lipinski definition) is 2. The van der Waals surface area contributed by atoms with E-state index in [0.29, 0.717) is 11.4 Å². The number of rotatable bonds is 8. The van der Waals surface area contributed by atoms with Gasteiger partial charge in [-0.25, -0.2) is 4.39 Å². The molecule has 2 aromatic carbocycles. The number of thiophene rings is 1. The average Bonchev–Trinajstić information content (AvgIpc) is 3.17. The van der Waals surface area contributed by atoms with Crippen molar-refractivity contribution in [2.24, 2.45) is 5.73 Å². The Morgan fingerprint density at radius 3 is 2.59 bits per heavy atom. The molecule has 0 aliphatic carbocycles. The molecule has 0 saturated heterocycles. The van der Waals surface area contributed by atoms with Gasteiger partial charge in [0.2, 0.25) is 11.8 Å². The predicted molar refractivity (Wildman–Crippen MR) is 118 cm³/mol. The summed E-state index contributed by atoms with van der Waals surface area (Å²) < 4.78 is 13.1. The lowest BCUT2D eigenvalue weighted by Crippen LogP contribution is -2.11. The summed E-state index contributed by atoms with van der Waals surface area (Å²) in [6, 6.07) is 17.6. The molecule has 0 saturated carbocycles. The molecule has 0 radical (unpaired) electrons. The minimum Gasteiger partial charge on any atom is -0.370 e. The van der Waals surface area contributed by atoms with Gasteiger partial charge in [-0.1, -0.05) is 24.3 Å². The molecule has 3 N–H and O–H groups in total. The van der Waals surface area contributed by atoms with Crippen LogP contribution in [0.4, 0.5) is 10.1 Å². The number of nitrogens with one attached hydrogen (secondary N) is 1. The second-order valence-electron chi connectivity index (χ2n) is 6.09. The van der Waals surface area contributed by atoms with Crippen molar-refractivity contribution in [3.8, 4) is 10.4 Å². The fourth-order valence-electron chi connectivity index (χ4n) is 2.50. The Labute approximate surface area is 176 Å². The summed E-state index contributed by atoms with van der Waals surface area (Å²) in [5, 5.41) is 2.86. The van der Waals surface area contributed by atoms with Crippen LogP contribution in [0.25, 0.3) is 16.5 Å². The van der Waals surface area contributed by atoms with E-state index >= 15 is 0 Å². The number of anilines is 1. The minimum atomic E-state index is -0.349. The molecule has 2 amide bonds. The molecule has 0 aliphatic rings. The van der Waals surface area contributed by atoms with Gasteiger partial charge in [-0.05, 0) is 48.0 Å². The summed E-state index contributed by atoms with van der Waals surface area (Å²) in [6.07, 6.45) is 3.50. The van der Waals surface area contributed by atoms with E-state index in [2.05, 4.69) is 5.32 Å². The number of nitrogens with two attached hydrogens (primary N) is 1. The van der Waals surface area contributed by atoms with E-state index in [1.165, 1.54) is 41.3 Å². The Morgan fingerprint density at radius 1 is 1.07 bits per heavy atom. The third-order valence-electron chi connectivity index (χ3n) is 3.91. The molecule has 148 valence electrons. The molecule has 4 nitrogen and oxygen atoms in total. The van der Waals surface area contributed by atoms with E-state index in [9.17, 15) is 14.0 Å². The molecule has 1 heterocycles. The van der Waals surface area contributed by atoms with E-state index < -0.39 is 0 Å². The predicted octanol–water partition coefficient (Wildman–Crippen LogP) is 5.17. The highest BCUT2D eigenvalue weighted by Gasteiger charge is 2.07. The Hall–Kier alpha value is -2.90. The zero-order valence-corrected chi connectivity index (χ0v) is 17.1. The van der Waals surface area contributed by atoms with Gasteiger partial charge >= 0.3 is 0 Å². The van der Waals surface area contributed by atoms with Crippen molar-refractivity contribution in [3.63, 3.8) is 0 Å². The number of halogens is 1. The van der Waals surface area contributed by atoms with Crippen molar-refractivity contribution in [3.05, 3.63) is 77.4 Å². The first-order chi connectivity index (χ1) is 14.0. The van der Waals surface area contributed by atoms with Gasteiger partial charge in [-0.15, -0.1) is 23.1 Å². The number of thioether (sulfide) groups is 1. The summed E-state index contributed by atoms with van der Waals surface area (Å²) in [4.78, 5) is 26.0. The summed E-state index contributed by atoms with van der Waals surface area (Å²) in [5.41, 5.74) is 6.79. The SMILES string of the molecule is NC(=O)CCSc1ccccc1NC(=O)/C=C/c1ccc(-c2ccc(F)cc2)s1. The van der Waals surface area contributed by atoms with Crippen molar-refractivity contribution in [1.29, 1.82) is 0 Å². The van der Waals surface area contributed by atoms with Crippen LogP contribution < -0.4 is 11.1 Å². The first-order valence-corrected chi connectivity index (χ1v) is 10.7. The summed E-state index contributed by atoms with van der Waals surface area (Å²) >= 11 is 2.99. The number of amides is 2. The number of carbonyl (C=O) groups excluding carboxylic acids is 2. The molecule has 3 rings (SSSR count). The fraction of sp³-hybridized carbons (Fsp3) is 0.0909. The maximum absolute atomic E-state index is 13.1. The van der Waals surface area contributed by atoms with Gasteiger partial charge in [-0.3, -0.25) is 9.59 Å². The van der Waals surface area contributed by atoms with Gasteiger partial charge in [0.1, 0.15) is 5.82 Å². The highest BCUT2D eigenvalue weighted by Crippen LogP contribution is 2.29. The lowest BCUT2D eigenvalue weighted by Gasteiger charge is -2.08. The van der Waals surface area contributed by atoms with Crippen molar-refractivity contribution in [1.82, 2.24) is 0 Å². The molecule has 0 unspecified atom stereocenters. The van der Waals surface area contributed by atoms with E-state index in [1.807, 2.05) is 36.4 Å². The number of para-hydroxylation sites is 1. The number of hydrogen-bond acceptors (Lipinski definition) is 4. The zero-order valence-electron chi connectivity index (χ0n) is 15.4. The zero-order chi connectivity index (χ0) is 20.6. The van der Waals surface area contributed by atoms with E-state index in [4.69, 9.17) is 5.73 Å². The van der Waals surface area contributed by atoms with Gasteiger partial charge in [-0.2, -0.15) is 0 Å². The number of carbonyl (C=O) groups is 2. The van der Waals surface area contributed by atoms with E-state index in [-0.39, 0.29) is 24.1 Å². The minimum absolute atomic E-state index is 0.246. The second-order valence-corrected chi connectivity index (χ2v) is 8.34. The van der Waals surface area contributed by atoms with Crippen LogP contribution in [-0.2, 0) is 9.59 Å².